The Morgan fingerprint density at radius 2 is 1.66 bits per heavy atom. The quantitative estimate of drug-likeness (QED) is 0.668. The van der Waals surface area contributed by atoms with Crippen LogP contribution in [-0.2, 0) is 16.1 Å². The first-order valence-electron chi connectivity index (χ1n) is 11.1. The van der Waals surface area contributed by atoms with Gasteiger partial charge >= 0.3 is 0 Å². The Morgan fingerprint density at radius 3 is 2.28 bits per heavy atom. The van der Waals surface area contributed by atoms with Gasteiger partial charge in [-0.3, -0.25) is 14.3 Å². The molecule has 1 atom stereocenters. The molecule has 0 unspecified atom stereocenters. The maximum absolute atomic E-state index is 13.1. The lowest BCUT2D eigenvalue weighted by molar-refractivity contribution is -0.141. The molecule has 0 radical (unpaired) electrons. The molecule has 168 valence electrons. The van der Waals surface area contributed by atoms with Crippen molar-refractivity contribution in [3.63, 3.8) is 0 Å². The van der Waals surface area contributed by atoms with Gasteiger partial charge in [0.2, 0.25) is 11.8 Å². The minimum absolute atomic E-state index is 0.0732. The van der Waals surface area contributed by atoms with E-state index in [0.29, 0.717) is 18.7 Å². The second-order valence-corrected chi connectivity index (χ2v) is 8.56. The van der Waals surface area contributed by atoms with Crippen LogP contribution < -0.4 is 5.32 Å². The van der Waals surface area contributed by atoms with Gasteiger partial charge in [-0.1, -0.05) is 0 Å². The molecule has 0 aliphatic carbocycles. The number of rotatable bonds is 5. The number of aromatic nitrogens is 4. The highest BCUT2D eigenvalue weighted by atomic mass is 16.2. The first kappa shape index (κ1) is 21.8. The largest absolute Gasteiger partial charge is 0.329 e. The van der Waals surface area contributed by atoms with E-state index in [-0.39, 0.29) is 18.4 Å². The average Bonchev–Trinajstić information content (AvgIpc) is 3.27. The van der Waals surface area contributed by atoms with E-state index in [9.17, 15) is 9.59 Å². The summed E-state index contributed by atoms with van der Waals surface area (Å²) < 4.78 is 3.58. The summed E-state index contributed by atoms with van der Waals surface area (Å²) in [5.74, 6) is -0.221. The van der Waals surface area contributed by atoms with Gasteiger partial charge in [-0.2, -0.15) is 10.2 Å². The fourth-order valence-electron chi connectivity index (χ4n) is 4.36. The van der Waals surface area contributed by atoms with Crippen LogP contribution in [0.1, 0.15) is 42.0 Å². The highest BCUT2D eigenvalue weighted by molar-refractivity contribution is 5.97. The van der Waals surface area contributed by atoms with Crippen LogP contribution in [-0.4, -0.2) is 48.9 Å². The van der Waals surface area contributed by atoms with Crippen molar-refractivity contribution in [1.29, 1.82) is 0 Å². The maximum Gasteiger partial charge on any atom is 0.247 e. The lowest BCUT2D eigenvalue weighted by Crippen LogP contribution is -2.51. The van der Waals surface area contributed by atoms with Crippen molar-refractivity contribution in [2.24, 2.45) is 0 Å². The van der Waals surface area contributed by atoms with E-state index in [2.05, 4.69) is 15.5 Å². The number of benzene rings is 1. The van der Waals surface area contributed by atoms with E-state index >= 15 is 0 Å². The topological polar surface area (TPSA) is 85.0 Å². The Bertz CT molecular complexity index is 1130. The van der Waals surface area contributed by atoms with Crippen LogP contribution in [0.4, 0.5) is 5.69 Å². The van der Waals surface area contributed by atoms with Crippen molar-refractivity contribution < 1.29 is 9.59 Å². The molecule has 1 aliphatic heterocycles. The number of hydrogen-bond acceptors (Lipinski definition) is 4. The van der Waals surface area contributed by atoms with Gasteiger partial charge in [-0.05, 0) is 83.4 Å². The number of carbonyl (C=O) groups is 2. The number of hydrogen-bond donors (Lipinski definition) is 1. The van der Waals surface area contributed by atoms with E-state index in [1.165, 1.54) is 0 Å². The van der Waals surface area contributed by atoms with Gasteiger partial charge < -0.3 is 10.2 Å². The zero-order valence-corrected chi connectivity index (χ0v) is 19.1. The maximum atomic E-state index is 13.1. The summed E-state index contributed by atoms with van der Waals surface area (Å²) in [6.07, 6.45) is 2.50. The van der Waals surface area contributed by atoms with Gasteiger partial charge in [0.25, 0.3) is 0 Å². The van der Waals surface area contributed by atoms with Crippen LogP contribution in [0.3, 0.4) is 0 Å². The van der Waals surface area contributed by atoms with Gasteiger partial charge in [0, 0.05) is 23.6 Å². The number of likely N-dealkylation sites (tertiary alicyclic amines) is 1. The van der Waals surface area contributed by atoms with Crippen LogP contribution in [0.5, 0.6) is 0 Å². The Labute approximate surface area is 188 Å². The van der Waals surface area contributed by atoms with Gasteiger partial charge in [0.1, 0.15) is 12.6 Å². The predicted octanol–water partition coefficient (Wildman–Crippen LogP) is 3.32. The fourth-order valence-corrected chi connectivity index (χ4v) is 4.36. The number of anilines is 1. The minimum Gasteiger partial charge on any atom is -0.329 e. The Balaban J connectivity index is 1.44. The first-order chi connectivity index (χ1) is 15.3. The molecule has 1 aliphatic rings. The smallest absolute Gasteiger partial charge is 0.247 e. The number of nitrogens with one attached hydrogen (secondary N) is 1. The normalized spacial score (nSPS) is 16.2. The molecular weight excluding hydrogens is 404 g/mol. The van der Waals surface area contributed by atoms with Crippen molar-refractivity contribution in [2.75, 3.05) is 11.9 Å². The Morgan fingerprint density at radius 1 is 0.969 bits per heavy atom. The molecule has 0 saturated carbocycles. The van der Waals surface area contributed by atoms with Gasteiger partial charge in [-0.15, -0.1) is 0 Å². The predicted molar refractivity (Wildman–Crippen MR) is 123 cm³/mol. The molecular formula is C24H30N6O2. The number of carbonyl (C=O) groups excluding carboxylic acids is 2. The van der Waals surface area contributed by atoms with Crippen molar-refractivity contribution >= 4 is 17.5 Å². The zero-order valence-electron chi connectivity index (χ0n) is 19.1. The SMILES string of the molecule is Cc1cc(C)n(CC(=O)N2CCCC[C@H]2C(=O)Nc2ccc(-n3nc(C)cc3C)cc2)n1. The van der Waals surface area contributed by atoms with E-state index in [1.807, 2.05) is 68.8 Å². The molecule has 2 aromatic heterocycles. The van der Waals surface area contributed by atoms with Crippen molar-refractivity contribution in [1.82, 2.24) is 24.5 Å². The van der Waals surface area contributed by atoms with Crippen molar-refractivity contribution in [3.8, 4) is 5.69 Å². The molecule has 8 heteroatoms. The molecule has 3 heterocycles. The molecule has 2 amide bonds. The molecule has 1 N–H and O–H groups in total. The van der Waals surface area contributed by atoms with Gasteiger partial charge in [0.15, 0.2) is 0 Å². The van der Waals surface area contributed by atoms with Gasteiger partial charge in [0.05, 0.1) is 17.1 Å². The number of aryl methyl sites for hydroxylation is 4. The molecule has 4 rings (SSSR count). The van der Waals surface area contributed by atoms with Crippen LogP contribution in [0.2, 0.25) is 0 Å². The van der Waals surface area contributed by atoms with E-state index in [4.69, 9.17) is 0 Å². The lowest BCUT2D eigenvalue weighted by Gasteiger charge is -2.34. The lowest BCUT2D eigenvalue weighted by atomic mass is 10.0. The molecule has 3 aromatic rings. The number of nitrogens with zero attached hydrogens (tertiary/aromatic N) is 5. The standard InChI is InChI=1S/C24H30N6O2/c1-16-13-18(3)29(26-16)15-23(31)28-12-6-5-7-22(28)24(32)25-20-8-10-21(11-9-20)30-19(4)14-17(2)27-30/h8-11,13-14,22H,5-7,12,15H2,1-4H3,(H,25,32)/t22-/m0/s1. The third kappa shape index (κ3) is 4.59. The Kier molecular flexibility index (Phi) is 6.12. The molecule has 8 nitrogen and oxygen atoms in total. The van der Waals surface area contributed by atoms with Gasteiger partial charge in [-0.25, -0.2) is 4.68 Å². The second-order valence-electron chi connectivity index (χ2n) is 8.56. The summed E-state index contributed by atoms with van der Waals surface area (Å²) in [5, 5.41) is 11.9. The van der Waals surface area contributed by atoms with E-state index < -0.39 is 6.04 Å². The molecule has 0 spiro atoms. The van der Waals surface area contributed by atoms with Crippen molar-refractivity contribution in [3.05, 3.63) is 59.2 Å². The number of piperidine rings is 1. The summed E-state index contributed by atoms with van der Waals surface area (Å²) >= 11 is 0. The zero-order chi connectivity index (χ0) is 22.8. The number of amides is 2. The summed E-state index contributed by atoms with van der Waals surface area (Å²) in [6.45, 7) is 8.56. The van der Waals surface area contributed by atoms with E-state index in [0.717, 1.165) is 41.3 Å². The molecule has 1 fully saturated rings. The first-order valence-corrected chi connectivity index (χ1v) is 11.1. The third-order valence-electron chi connectivity index (χ3n) is 5.90. The summed E-state index contributed by atoms with van der Waals surface area (Å²) in [6, 6.07) is 11.1. The third-order valence-corrected chi connectivity index (χ3v) is 5.90. The molecule has 1 aromatic carbocycles. The summed E-state index contributed by atoms with van der Waals surface area (Å²) in [7, 11) is 0. The van der Waals surface area contributed by atoms with Crippen LogP contribution in [0.15, 0.2) is 36.4 Å². The van der Waals surface area contributed by atoms with Crippen LogP contribution in [0, 0.1) is 27.7 Å². The highest BCUT2D eigenvalue weighted by Crippen LogP contribution is 2.21. The average molecular weight is 435 g/mol. The Hall–Kier alpha value is -3.42. The summed E-state index contributed by atoms with van der Waals surface area (Å²) in [4.78, 5) is 27.8. The minimum atomic E-state index is -0.469. The highest BCUT2D eigenvalue weighted by Gasteiger charge is 2.32. The van der Waals surface area contributed by atoms with Crippen LogP contribution in [0.25, 0.3) is 5.69 Å². The molecule has 1 saturated heterocycles. The van der Waals surface area contributed by atoms with Crippen LogP contribution >= 0.6 is 0 Å². The second kappa shape index (κ2) is 8.98. The monoisotopic (exact) mass is 434 g/mol. The van der Waals surface area contributed by atoms with Crippen molar-refractivity contribution in [2.45, 2.75) is 59.5 Å². The summed E-state index contributed by atoms with van der Waals surface area (Å²) in [5.41, 5.74) is 5.48. The van der Waals surface area contributed by atoms with E-state index in [1.54, 1.807) is 9.58 Å². The molecule has 32 heavy (non-hydrogen) atoms. The fraction of sp³-hybridized carbons (Fsp3) is 0.417. The molecule has 0 bridgehead atoms.